The van der Waals surface area contributed by atoms with E-state index in [1.807, 2.05) is 60.0 Å². The molecule has 0 aliphatic carbocycles. The van der Waals surface area contributed by atoms with Gasteiger partial charge in [0.2, 0.25) is 5.91 Å². The molecule has 0 spiro atoms. The molecule has 2 aromatic heterocycles. The average molecular weight is 467 g/mol. The topological polar surface area (TPSA) is 86.1 Å². The summed E-state index contributed by atoms with van der Waals surface area (Å²) in [4.78, 5) is 35.1. The lowest BCUT2D eigenvalue weighted by atomic mass is 10.1. The Bertz CT molecular complexity index is 1540. The molecule has 0 fully saturated rings. The van der Waals surface area contributed by atoms with Crippen LogP contribution in [-0.2, 0) is 16.1 Å². The second-order valence-electron chi connectivity index (χ2n) is 8.39. The number of esters is 1. The van der Waals surface area contributed by atoms with Crippen LogP contribution in [0.2, 0.25) is 0 Å². The van der Waals surface area contributed by atoms with Crippen LogP contribution in [0, 0.1) is 0 Å². The van der Waals surface area contributed by atoms with Crippen molar-refractivity contribution in [1.29, 1.82) is 0 Å². The van der Waals surface area contributed by atoms with Gasteiger partial charge in [-0.1, -0.05) is 55.8 Å². The van der Waals surface area contributed by atoms with Crippen molar-refractivity contribution in [3.05, 3.63) is 78.4 Å². The van der Waals surface area contributed by atoms with Crippen LogP contribution in [-0.4, -0.2) is 33.0 Å². The first kappa shape index (κ1) is 22.5. The predicted molar refractivity (Wildman–Crippen MR) is 137 cm³/mol. The number of amides is 1. The summed E-state index contributed by atoms with van der Waals surface area (Å²) >= 11 is 0. The number of unbranched alkanes of at least 4 members (excludes halogenated alkanes) is 1. The quantitative estimate of drug-likeness (QED) is 0.233. The van der Waals surface area contributed by atoms with Crippen molar-refractivity contribution in [1.82, 2.24) is 14.5 Å². The van der Waals surface area contributed by atoms with Crippen molar-refractivity contribution in [2.24, 2.45) is 0 Å². The molecule has 0 saturated heterocycles. The van der Waals surface area contributed by atoms with Gasteiger partial charge >= 0.3 is 5.97 Å². The lowest BCUT2D eigenvalue weighted by molar-refractivity contribution is -0.116. The number of hydrogen-bond acceptors (Lipinski definition) is 5. The number of carbonyl (C=O) groups is 2. The third-order valence-electron chi connectivity index (χ3n) is 5.97. The van der Waals surface area contributed by atoms with E-state index in [4.69, 9.17) is 14.7 Å². The van der Waals surface area contributed by atoms with E-state index in [0.717, 1.165) is 45.9 Å². The van der Waals surface area contributed by atoms with Gasteiger partial charge in [0.25, 0.3) is 0 Å². The number of fused-ring (bicyclic) bond motifs is 4. The Labute approximate surface area is 202 Å². The number of ether oxygens (including phenoxy) is 1. The molecule has 2 heterocycles. The molecule has 0 radical (unpaired) electrons. The third-order valence-corrected chi connectivity index (χ3v) is 5.97. The molecule has 0 aliphatic rings. The second kappa shape index (κ2) is 9.93. The van der Waals surface area contributed by atoms with Crippen LogP contribution in [0.4, 0.5) is 5.69 Å². The number of nitrogens with zero attached hydrogens (tertiary/aromatic N) is 3. The van der Waals surface area contributed by atoms with Crippen LogP contribution in [0.5, 0.6) is 0 Å². The van der Waals surface area contributed by atoms with E-state index in [9.17, 15) is 9.59 Å². The van der Waals surface area contributed by atoms with Gasteiger partial charge in [-0.15, -0.1) is 0 Å². The summed E-state index contributed by atoms with van der Waals surface area (Å²) in [5, 5.41) is 3.88. The Hall–Kier alpha value is -4.26. The molecule has 1 amide bonds. The number of anilines is 1. The fourth-order valence-corrected chi connectivity index (χ4v) is 4.19. The summed E-state index contributed by atoms with van der Waals surface area (Å²) in [6, 6.07) is 22.7. The van der Waals surface area contributed by atoms with E-state index in [-0.39, 0.29) is 12.3 Å². The first-order chi connectivity index (χ1) is 17.2. The molecule has 0 bridgehead atoms. The number of hydrogen-bond donors (Lipinski definition) is 1. The van der Waals surface area contributed by atoms with E-state index in [1.54, 1.807) is 24.3 Å². The number of nitrogens with one attached hydrogen (secondary N) is 1. The van der Waals surface area contributed by atoms with Gasteiger partial charge in [0.05, 0.1) is 34.4 Å². The second-order valence-corrected chi connectivity index (χ2v) is 8.39. The Balaban J connectivity index is 1.39. The molecule has 35 heavy (non-hydrogen) atoms. The van der Waals surface area contributed by atoms with Crippen molar-refractivity contribution < 1.29 is 14.3 Å². The van der Waals surface area contributed by atoms with E-state index in [0.29, 0.717) is 24.4 Å². The number of aryl methyl sites for hydroxylation is 1. The summed E-state index contributed by atoms with van der Waals surface area (Å²) in [6.45, 7) is 2.82. The van der Waals surface area contributed by atoms with E-state index in [2.05, 4.69) is 5.32 Å². The summed E-state index contributed by atoms with van der Waals surface area (Å²) in [5.74, 6) is -0.627. The highest BCUT2D eigenvalue weighted by molar-refractivity contribution is 6.06. The van der Waals surface area contributed by atoms with Gasteiger partial charge in [-0.25, -0.2) is 14.8 Å². The van der Waals surface area contributed by atoms with Gasteiger partial charge in [-0.2, -0.15) is 0 Å². The van der Waals surface area contributed by atoms with E-state index >= 15 is 0 Å². The maximum atomic E-state index is 12.9. The summed E-state index contributed by atoms with van der Waals surface area (Å²) in [7, 11) is 0. The zero-order chi connectivity index (χ0) is 24.2. The van der Waals surface area contributed by atoms with Gasteiger partial charge in [0, 0.05) is 18.4 Å². The average Bonchev–Trinajstić information content (AvgIpc) is 3.19. The van der Waals surface area contributed by atoms with Gasteiger partial charge < -0.3 is 14.6 Å². The molecule has 5 aromatic rings. The molecule has 3 aromatic carbocycles. The number of aromatic nitrogens is 3. The summed E-state index contributed by atoms with van der Waals surface area (Å²) < 4.78 is 7.37. The molecule has 1 N–H and O–H groups in total. The molecule has 0 saturated carbocycles. The number of rotatable bonds is 8. The number of carbonyl (C=O) groups excluding carboxylic acids is 2. The lowest BCUT2D eigenvalue weighted by Crippen LogP contribution is -2.17. The van der Waals surface area contributed by atoms with Crippen LogP contribution >= 0.6 is 0 Å². The normalized spacial score (nSPS) is 11.2. The minimum absolute atomic E-state index is 0.196. The molecule has 0 aliphatic heterocycles. The maximum Gasteiger partial charge on any atom is 0.340 e. The Morgan fingerprint density at radius 3 is 2.46 bits per heavy atom. The monoisotopic (exact) mass is 466 g/mol. The third kappa shape index (κ3) is 4.57. The lowest BCUT2D eigenvalue weighted by Gasteiger charge is -2.12. The van der Waals surface area contributed by atoms with Crippen LogP contribution < -0.4 is 5.32 Å². The first-order valence-corrected chi connectivity index (χ1v) is 11.9. The fourth-order valence-electron chi connectivity index (χ4n) is 4.19. The maximum absolute atomic E-state index is 12.9. The van der Waals surface area contributed by atoms with Gasteiger partial charge in [-0.05, 0) is 36.8 Å². The highest BCUT2D eigenvalue weighted by atomic mass is 16.5. The van der Waals surface area contributed by atoms with E-state index < -0.39 is 5.97 Å². The molecule has 7 heteroatoms. The Kier molecular flexibility index (Phi) is 6.39. The number of benzene rings is 3. The van der Waals surface area contributed by atoms with Gasteiger partial charge in [-0.3, -0.25) is 4.79 Å². The summed E-state index contributed by atoms with van der Waals surface area (Å²) in [5.41, 5.74) is 4.99. The molecular weight excluding hydrogens is 440 g/mol. The van der Waals surface area contributed by atoms with E-state index in [1.165, 1.54) is 0 Å². The zero-order valence-electron chi connectivity index (χ0n) is 19.5. The molecule has 176 valence electrons. The molecule has 0 unspecified atom stereocenters. The SMILES string of the molecule is CCCCOC(=O)c1ccccc1NC(=O)CCn1c2ccccc2c2nc3ccccc3nc21. The van der Waals surface area contributed by atoms with Crippen molar-refractivity contribution >= 4 is 50.7 Å². The van der Waals surface area contributed by atoms with Gasteiger partial charge in [0.1, 0.15) is 5.52 Å². The highest BCUT2D eigenvalue weighted by Gasteiger charge is 2.17. The minimum atomic E-state index is -0.432. The van der Waals surface area contributed by atoms with Gasteiger partial charge in [0.15, 0.2) is 5.65 Å². The van der Waals surface area contributed by atoms with Crippen LogP contribution in [0.15, 0.2) is 72.8 Å². The van der Waals surface area contributed by atoms with Crippen LogP contribution in [0.25, 0.3) is 33.1 Å². The number of para-hydroxylation sites is 4. The molecular formula is C28H26N4O3. The first-order valence-electron chi connectivity index (χ1n) is 11.9. The smallest absolute Gasteiger partial charge is 0.340 e. The van der Waals surface area contributed by atoms with Crippen LogP contribution in [0.3, 0.4) is 0 Å². The molecule has 5 rings (SSSR count). The van der Waals surface area contributed by atoms with Crippen molar-refractivity contribution in [3.8, 4) is 0 Å². The largest absolute Gasteiger partial charge is 0.462 e. The molecule has 0 atom stereocenters. The van der Waals surface area contributed by atoms with Crippen molar-refractivity contribution in [2.75, 3.05) is 11.9 Å². The fraction of sp³-hybridized carbons (Fsp3) is 0.214. The standard InChI is InChI=1S/C28H26N4O3/c1-2-3-18-35-28(34)19-10-4-6-12-21(19)29-25(33)16-17-32-24-15-9-5-11-20(24)26-27(32)31-23-14-8-7-13-22(23)30-26/h4-15H,2-3,16-18H2,1H3,(H,29,33). The van der Waals surface area contributed by atoms with Crippen molar-refractivity contribution in [2.45, 2.75) is 32.7 Å². The Morgan fingerprint density at radius 2 is 1.63 bits per heavy atom. The predicted octanol–water partition coefficient (Wildman–Crippen LogP) is 5.72. The zero-order valence-corrected chi connectivity index (χ0v) is 19.5. The van der Waals surface area contributed by atoms with Crippen molar-refractivity contribution in [3.63, 3.8) is 0 Å². The molecule has 7 nitrogen and oxygen atoms in total. The highest BCUT2D eigenvalue weighted by Crippen LogP contribution is 2.28. The minimum Gasteiger partial charge on any atom is -0.462 e. The summed E-state index contributed by atoms with van der Waals surface area (Å²) in [6.07, 6.45) is 1.95. The van der Waals surface area contributed by atoms with Crippen LogP contribution in [0.1, 0.15) is 36.5 Å². The Morgan fingerprint density at radius 1 is 0.914 bits per heavy atom.